The summed E-state index contributed by atoms with van der Waals surface area (Å²) in [7, 11) is 0. The maximum atomic E-state index is 5.11. The lowest BCUT2D eigenvalue weighted by molar-refractivity contribution is 1.08. The smallest absolute Gasteiger partial charge is 0.164 e. The van der Waals surface area contributed by atoms with Crippen molar-refractivity contribution in [3.05, 3.63) is 127 Å². The summed E-state index contributed by atoms with van der Waals surface area (Å²) in [5.74, 6) is 2.02. The van der Waals surface area contributed by atoms with E-state index in [-0.39, 0.29) is 0 Å². The molecule has 182 valence electrons. The molecule has 0 saturated carbocycles. The predicted octanol–water partition coefficient (Wildman–Crippen LogP) is 9.55. The second kappa shape index (κ2) is 8.83. The van der Waals surface area contributed by atoms with Gasteiger partial charge in [0.2, 0.25) is 0 Å². The van der Waals surface area contributed by atoms with Gasteiger partial charge in [-0.25, -0.2) is 15.0 Å². The molecule has 0 radical (unpaired) electrons. The van der Waals surface area contributed by atoms with Crippen LogP contribution < -0.4 is 0 Å². The topological polar surface area (TPSA) is 38.7 Å². The zero-order chi connectivity index (χ0) is 25.8. The highest BCUT2D eigenvalue weighted by molar-refractivity contribution is 7.25. The lowest BCUT2D eigenvalue weighted by atomic mass is 10.0. The first-order chi connectivity index (χ1) is 19.3. The van der Waals surface area contributed by atoms with E-state index in [0.717, 1.165) is 32.8 Å². The molecule has 0 aliphatic heterocycles. The predicted molar refractivity (Wildman–Crippen MR) is 164 cm³/mol. The van der Waals surface area contributed by atoms with Crippen LogP contribution in [-0.4, -0.2) is 15.0 Å². The van der Waals surface area contributed by atoms with Crippen LogP contribution in [0.3, 0.4) is 0 Å². The Kier molecular flexibility index (Phi) is 5.00. The molecule has 0 N–H and O–H groups in total. The van der Waals surface area contributed by atoms with Crippen molar-refractivity contribution in [2.75, 3.05) is 0 Å². The monoisotopic (exact) mass is 515 g/mol. The molecule has 8 aromatic rings. The van der Waals surface area contributed by atoms with Crippen LogP contribution in [0.5, 0.6) is 0 Å². The second-order valence-electron chi connectivity index (χ2n) is 9.67. The largest absolute Gasteiger partial charge is 0.208 e. The van der Waals surface area contributed by atoms with Gasteiger partial charge in [0.05, 0.1) is 0 Å². The summed E-state index contributed by atoms with van der Waals surface area (Å²) >= 11 is 1.84. The van der Waals surface area contributed by atoms with Crippen molar-refractivity contribution in [2.45, 2.75) is 0 Å². The molecule has 6 aromatic carbocycles. The fourth-order valence-electron chi connectivity index (χ4n) is 5.44. The van der Waals surface area contributed by atoms with Crippen LogP contribution in [-0.2, 0) is 0 Å². The molecule has 0 aliphatic rings. The van der Waals surface area contributed by atoms with Crippen molar-refractivity contribution in [1.29, 1.82) is 0 Å². The third-order valence-electron chi connectivity index (χ3n) is 7.32. The maximum absolute atomic E-state index is 5.11. The Morgan fingerprint density at radius 2 is 1.00 bits per heavy atom. The van der Waals surface area contributed by atoms with Gasteiger partial charge in [-0.3, -0.25) is 0 Å². The third-order valence-corrected chi connectivity index (χ3v) is 8.45. The summed E-state index contributed by atoms with van der Waals surface area (Å²) < 4.78 is 2.59. The van der Waals surface area contributed by atoms with E-state index < -0.39 is 0 Å². The van der Waals surface area contributed by atoms with E-state index in [1.54, 1.807) is 0 Å². The average Bonchev–Trinajstić information content (AvgIpc) is 3.37. The van der Waals surface area contributed by atoms with Crippen LogP contribution in [0.1, 0.15) is 0 Å². The summed E-state index contributed by atoms with van der Waals surface area (Å²) in [6.07, 6.45) is 0. The minimum absolute atomic E-state index is 0.669. The number of aromatic nitrogens is 3. The minimum atomic E-state index is 0.669. The first kappa shape index (κ1) is 22.1. The maximum Gasteiger partial charge on any atom is 0.164 e. The second-order valence-corrected chi connectivity index (χ2v) is 10.8. The van der Waals surface area contributed by atoms with Gasteiger partial charge >= 0.3 is 0 Å². The summed E-state index contributed by atoms with van der Waals surface area (Å²) in [6, 6.07) is 44.4. The Balaban J connectivity index is 1.42. The lowest BCUT2D eigenvalue weighted by Gasteiger charge is -2.12. The first-order valence-electron chi connectivity index (χ1n) is 13.0. The molecule has 39 heavy (non-hydrogen) atoms. The zero-order valence-corrected chi connectivity index (χ0v) is 21.7. The van der Waals surface area contributed by atoms with E-state index in [0.29, 0.717) is 17.5 Å². The first-order valence-corrected chi connectivity index (χ1v) is 13.8. The number of thiophene rings is 1. The molecule has 0 atom stereocenters. The quantitative estimate of drug-likeness (QED) is 0.235. The highest BCUT2D eigenvalue weighted by Crippen LogP contribution is 2.39. The Labute approximate surface area is 229 Å². The van der Waals surface area contributed by atoms with E-state index in [9.17, 15) is 0 Å². The summed E-state index contributed by atoms with van der Waals surface area (Å²) in [4.78, 5) is 15.1. The fourth-order valence-corrected chi connectivity index (χ4v) is 6.58. The number of rotatable bonds is 3. The van der Waals surface area contributed by atoms with Crippen LogP contribution in [0.25, 0.3) is 75.9 Å². The van der Waals surface area contributed by atoms with Crippen LogP contribution in [0.4, 0.5) is 0 Å². The molecule has 2 heterocycles. The Morgan fingerprint density at radius 1 is 0.385 bits per heavy atom. The van der Waals surface area contributed by atoms with Gasteiger partial charge in [-0.15, -0.1) is 11.3 Å². The Morgan fingerprint density at radius 3 is 1.82 bits per heavy atom. The van der Waals surface area contributed by atoms with Crippen LogP contribution in [0.2, 0.25) is 0 Å². The van der Waals surface area contributed by atoms with Crippen molar-refractivity contribution in [1.82, 2.24) is 15.0 Å². The van der Waals surface area contributed by atoms with E-state index in [4.69, 9.17) is 15.0 Å². The highest BCUT2D eigenvalue weighted by Gasteiger charge is 2.16. The molecular weight excluding hydrogens is 494 g/mol. The van der Waals surface area contributed by atoms with E-state index in [1.807, 2.05) is 29.5 Å². The van der Waals surface area contributed by atoms with Gasteiger partial charge in [-0.05, 0) is 39.7 Å². The van der Waals surface area contributed by atoms with Crippen molar-refractivity contribution >= 4 is 53.1 Å². The van der Waals surface area contributed by atoms with Crippen molar-refractivity contribution in [3.8, 4) is 34.2 Å². The molecule has 0 aliphatic carbocycles. The van der Waals surface area contributed by atoms with Gasteiger partial charge in [0.15, 0.2) is 17.5 Å². The molecule has 8 rings (SSSR count). The zero-order valence-electron chi connectivity index (χ0n) is 20.9. The SMILES string of the molecule is c1ccc(-c2nc(-c3cccc4ccccc34)nc(-c3cccc4cc5sc6ccccc6c5cc34)n2)cc1. The van der Waals surface area contributed by atoms with Gasteiger partial charge in [0.25, 0.3) is 0 Å². The standard InChI is InChI=1S/C35H21N3S/c1-2-11-23(12-3-1)33-36-34(27-17-8-13-22-10-4-5-15-25(22)27)38-35(37-33)28-18-9-14-24-20-32-30(21-29(24)28)26-16-6-7-19-31(26)39-32/h1-21H. The van der Waals surface area contributed by atoms with E-state index >= 15 is 0 Å². The number of nitrogens with zero attached hydrogens (tertiary/aromatic N) is 3. The van der Waals surface area contributed by atoms with Gasteiger partial charge in [0, 0.05) is 36.9 Å². The van der Waals surface area contributed by atoms with Crippen LogP contribution in [0.15, 0.2) is 127 Å². The van der Waals surface area contributed by atoms with E-state index in [2.05, 4.69) is 109 Å². The minimum Gasteiger partial charge on any atom is -0.208 e. The fraction of sp³-hybridized carbons (Fsp3) is 0. The lowest BCUT2D eigenvalue weighted by Crippen LogP contribution is -2.01. The normalized spacial score (nSPS) is 11.6. The van der Waals surface area contributed by atoms with Gasteiger partial charge in [0.1, 0.15) is 0 Å². The number of hydrogen-bond donors (Lipinski definition) is 0. The molecule has 0 spiro atoms. The van der Waals surface area contributed by atoms with Crippen LogP contribution >= 0.6 is 11.3 Å². The van der Waals surface area contributed by atoms with Crippen molar-refractivity contribution < 1.29 is 0 Å². The number of fused-ring (bicyclic) bond motifs is 5. The molecule has 3 nitrogen and oxygen atoms in total. The number of benzene rings is 6. The van der Waals surface area contributed by atoms with Gasteiger partial charge < -0.3 is 0 Å². The Bertz CT molecular complexity index is 2180. The molecule has 0 unspecified atom stereocenters. The van der Waals surface area contributed by atoms with Crippen LogP contribution in [0, 0.1) is 0 Å². The summed E-state index contributed by atoms with van der Waals surface area (Å²) in [6.45, 7) is 0. The molecule has 0 bridgehead atoms. The molecular formula is C35H21N3S. The summed E-state index contributed by atoms with van der Waals surface area (Å²) in [5, 5.41) is 7.16. The molecule has 2 aromatic heterocycles. The molecule has 4 heteroatoms. The van der Waals surface area contributed by atoms with Gasteiger partial charge in [-0.1, -0.05) is 109 Å². The Hall–Kier alpha value is -4.93. The third kappa shape index (κ3) is 3.69. The van der Waals surface area contributed by atoms with Gasteiger partial charge in [-0.2, -0.15) is 0 Å². The van der Waals surface area contributed by atoms with Crippen molar-refractivity contribution in [2.24, 2.45) is 0 Å². The summed E-state index contributed by atoms with van der Waals surface area (Å²) in [5.41, 5.74) is 2.97. The molecule has 0 amide bonds. The molecule has 0 fully saturated rings. The van der Waals surface area contributed by atoms with E-state index in [1.165, 1.54) is 25.6 Å². The van der Waals surface area contributed by atoms with Crippen molar-refractivity contribution in [3.63, 3.8) is 0 Å². The number of hydrogen-bond acceptors (Lipinski definition) is 4. The molecule has 0 saturated heterocycles. The highest BCUT2D eigenvalue weighted by atomic mass is 32.1. The average molecular weight is 516 g/mol.